The van der Waals surface area contributed by atoms with Crippen molar-refractivity contribution in [3.05, 3.63) is 62.2 Å². The quantitative estimate of drug-likeness (QED) is 0.130. The minimum absolute atomic E-state index is 1.21. The van der Waals surface area contributed by atoms with E-state index in [9.17, 15) is 0 Å². The van der Waals surface area contributed by atoms with Gasteiger partial charge in [-0.2, -0.15) is 0 Å². The van der Waals surface area contributed by atoms with Crippen LogP contribution >= 0.6 is 45.3 Å². The van der Waals surface area contributed by atoms with Gasteiger partial charge in [0, 0.05) is 9.40 Å². The molecule has 0 aliphatic rings. The molecule has 4 heterocycles. The van der Waals surface area contributed by atoms with E-state index in [1.165, 1.54) is 76.4 Å². The number of thiophene rings is 4. The Kier molecular flexibility index (Phi) is 10.3. The topological polar surface area (TPSA) is 0 Å². The molecular weight excluding hydrogens is 679 g/mol. The summed E-state index contributed by atoms with van der Waals surface area (Å²) >= 11 is 5.96. The minimum Gasteiger partial charge on any atom is -0.143 e. The van der Waals surface area contributed by atoms with Gasteiger partial charge in [-0.3, -0.25) is 0 Å². The molecule has 0 fully saturated rings. The van der Waals surface area contributed by atoms with Crippen molar-refractivity contribution < 1.29 is 0 Å². The molecule has 41 heavy (non-hydrogen) atoms. The zero-order valence-corrected chi connectivity index (χ0v) is 32.4. The molecule has 0 unspecified atom stereocenters. The summed E-state index contributed by atoms with van der Waals surface area (Å²) in [6.07, 6.45) is 9.77. The van der Waals surface area contributed by atoms with Crippen molar-refractivity contribution in [1.29, 1.82) is 0 Å². The number of fused-ring (bicyclic) bond motifs is 4. The van der Waals surface area contributed by atoms with Crippen LogP contribution in [0, 0.1) is 6.92 Å². The van der Waals surface area contributed by atoms with Crippen molar-refractivity contribution in [2.24, 2.45) is 0 Å². The molecule has 6 aromatic rings. The van der Waals surface area contributed by atoms with E-state index in [-0.39, 0.29) is 0 Å². The van der Waals surface area contributed by atoms with Gasteiger partial charge >= 0.3 is 154 Å². The van der Waals surface area contributed by atoms with Gasteiger partial charge in [0.2, 0.25) is 0 Å². The van der Waals surface area contributed by atoms with Gasteiger partial charge in [0.15, 0.2) is 0 Å². The summed E-state index contributed by atoms with van der Waals surface area (Å²) in [7, 11) is 0. The smallest absolute Gasteiger partial charge is 0.0384 e. The Hall–Kier alpha value is -0.921. The van der Waals surface area contributed by atoms with Gasteiger partial charge in [0.1, 0.15) is 0 Å². The molecule has 0 aliphatic heterocycles. The molecule has 5 heteroatoms. The second kappa shape index (κ2) is 13.4. The molecule has 0 saturated heterocycles. The molecule has 0 saturated carbocycles. The fourth-order valence-corrected chi connectivity index (χ4v) is 15.8. The number of hydrogen-bond donors (Lipinski definition) is 0. The van der Waals surface area contributed by atoms with Crippen LogP contribution < -0.4 is 2.89 Å². The Labute approximate surface area is 267 Å². The number of benzene rings is 2. The number of hydrogen-bond acceptors (Lipinski definition) is 4. The van der Waals surface area contributed by atoms with Crippen molar-refractivity contribution in [2.75, 3.05) is 0 Å². The zero-order chi connectivity index (χ0) is 29.3. The Balaban J connectivity index is 0.000000169. The van der Waals surface area contributed by atoms with Crippen LogP contribution in [-0.2, 0) is 25.7 Å². The summed E-state index contributed by atoms with van der Waals surface area (Å²) in [6.45, 7) is 11.4. The Morgan fingerprint density at radius 2 is 0.951 bits per heavy atom. The molecule has 0 atom stereocenters. The van der Waals surface area contributed by atoms with Gasteiger partial charge in [-0.15, -0.1) is 22.7 Å². The standard InChI is InChI=1S/C17H19S2.C16H18S2.3CH3.Sn/c1-4-6-12-14-8-9-18-16(14)13(7-5-2)15-10-11(3)19-17(12)15;1-3-5-11-13-7-9-18-16(13)12(6-4-2)14-8-10-17-15(11)14;;;;/h8,10H,4-7H2,1-3H3;7-10H,3-6H2,1-2H3;3*1H3;. The molecular formula is C36H46S4Sn. The van der Waals surface area contributed by atoms with Gasteiger partial charge in [-0.1, -0.05) is 26.7 Å². The maximum atomic E-state index is 2.59. The van der Waals surface area contributed by atoms with Gasteiger partial charge < -0.3 is 0 Å². The minimum atomic E-state index is -2.01. The summed E-state index contributed by atoms with van der Waals surface area (Å²) in [4.78, 5) is 9.10. The zero-order valence-electron chi connectivity index (χ0n) is 26.3. The number of rotatable bonds is 9. The van der Waals surface area contributed by atoms with Crippen molar-refractivity contribution in [1.82, 2.24) is 0 Å². The van der Waals surface area contributed by atoms with E-state index < -0.39 is 18.4 Å². The second-order valence-electron chi connectivity index (χ2n) is 12.4. The van der Waals surface area contributed by atoms with Crippen molar-refractivity contribution in [3.63, 3.8) is 0 Å². The maximum Gasteiger partial charge on any atom is 0.0384 e. The molecule has 0 nitrogen and oxygen atoms in total. The summed E-state index contributed by atoms with van der Waals surface area (Å²) in [5.74, 6) is 0. The monoisotopic (exact) mass is 726 g/mol. The third-order valence-electron chi connectivity index (χ3n) is 8.05. The maximum absolute atomic E-state index is 2.59. The average molecular weight is 726 g/mol. The van der Waals surface area contributed by atoms with Gasteiger partial charge in [0.05, 0.1) is 0 Å². The first-order valence-corrected chi connectivity index (χ1v) is 29.0. The van der Waals surface area contributed by atoms with Crippen LogP contribution in [0.4, 0.5) is 0 Å². The molecule has 2 aromatic carbocycles. The van der Waals surface area contributed by atoms with Crippen LogP contribution in [0.15, 0.2) is 35.0 Å². The van der Waals surface area contributed by atoms with Crippen LogP contribution in [0.3, 0.4) is 0 Å². The summed E-state index contributed by atoms with van der Waals surface area (Å²) in [5, 5.41) is 10.7. The summed E-state index contributed by atoms with van der Waals surface area (Å²) in [5.41, 5.74) is 6.43. The molecule has 0 radical (unpaired) electrons. The van der Waals surface area contributed by atoms with Crippen LogP contribution in [0.5, 0.6) is 0 Å². The predicted octanol–water partition coefficient (Wildman–Crippen LogP) is 12.9. The Morgan fingerprint density at radius 3 is 1.39 bits per heavy atom. The van der Waals surface area contributed by atoms with E-state index >= 15 is 0 Å². The fraction of sp³-hybridized carbons (Fsp3) is 0.444. The third kappa shape index (κ3) is 6.20. The van der Waals surface area contributed by atoms with Crippen molar-refractivity contribution in [2.45, 2.75) is 101 Å². The van der Waals surface area contributed by atoms with E-state index in [2.05, 4.69) is 95.8 Å². The Bertz CT molecular complexity index is 1620. The first kappa shape index (κ1) is 31.5. The van der Waals surface area contributed by atoms with E-state index in [1.807, 2.05) is 34.0 Å². The molecule has 0 aliphatic carbocycles. The van der Waals surface area contributed by atoms with Gasteiger partial charge in [0.25, 0.3) is 0 Å². The number of aryl methyl sites for hydroxylation is 5. The molecule has 218 valence electrons. The van der Waals surface area contributed by atoms with Crippen LogP contribution in [0.2, 0.25) is 14.8 Å². The first-order valence-electron chi connectivity index (χ1n) is 15.6. The van der Waals surface area contributed by atoms with Crippen molar-refractivity contribution in [3.8, 4) is 0 Å². The average Bonchev–Trinajstić information content (AvgIpc) is 3.73. The Morgan fingerprint density at radius 1 is 0.537 bits per heavy atom. The van der Waals surface area contributed by atoms with Crippen LogP contribution in [-0.4, -0.2) is 18.4 Å². The summed E-state index contributed by atoms with van der Waals surface area (Å²) < 4.78 is 7.99. The van der Waals surface area contributed by atoms with Gasteiger partial charge in [-0.25, -0.2) is 0 Å². The largest absolute Gasteiger partial charge is 0.143 e. The molecule has 0 bridgehead atoms. The van der Waals surface area contributed by atoms with Crippen LogP contribution in [0.1, 0.15) is 80.5 Å². The molecule has 0 spiro atoms. The van der Waals surface area contributed by atoms with E-state index in [0.29, 0.717) is 0 Å². The predicted molar refractivity (Wildman–Crippen MR) is 198 cm³/mol. The van der Waals surface area contributed by atoms with Gasteiger partial charge in [-0.05, 0) is 57.6 Å². The van der Waals surface area contributed by atoms with E-state index in [1.54, 1.807) is 45.3 Å². The normalized spacial score (nSPS) is 12.2. The molecule has 4 aromatic heterocycles. The fourth-order valence-electron chi connectivity index (χ4n) is 6.21. The summed E-state index contributed by atoms with van der Waals surface area (Å²) in [6, 6.07) is 9.69. The van der Waals surface area contributed by atoms with Crippen LogP contribution in [0.25, 0.3) is 40.3 Å². The SMILES string of the molecule is CCCc1c2c[c]([Sn]([CH3])([CH3])[CH3])sc2c(CCC)c2cc(C)sc12.CCCc1c2ccsc2c(CCC)c2ccsc12. The molecule has 6 rings (SSSR count). The third-order valence-corrected chi connectivity index (χ3v) is 21.7. The molecule has 0 amide bonds. The molecule has 0 N–H and O–H groups in total. The van der Waals surface area contributed by atoms with E-state index in [4.69, 9.17) is 0 Å². The van der Waals surface area contributed by atoms with E-state index in [0.717, 1.165) is 0 Å². The second-order valence-corrected chi connectivity index (χ2v) is 32.0. The van der Waals surface area contributed by atoms with Crippen molar-refractivity contribution >= 4 is 107 Å². The first-order chi connectivity index (χ1) is 19.7.